The van der Waals surface area contributed by atoms with Crippen LogP contribution in [0, 0.1) is 11.8 Å². The molecule has 11 nitrogen and oxygen atoms in total. The van der Waals surface area contributed by atoms with Gasteiger partial charge >= 0.3 is 24.5 Å². The van der Waals surface area contributed by atoms with E-state index in [0.717, 1.165) is 79.5 Å². The van der Waals surface area contributed by atoms with Crippen molar-refractivity contribution in [1.29, 1.82) is 0 Å². The zero-order valence-corrected chi connectivity index (χ0v) is 34.1. The lowest BCUT2D eigenvalue weighted by Crippen LogP contribution is -2.41. The molecule has 2 fully saturated rings. The van der Waals surface area contributed by atoms with Gasteiger partial charge < -0.3 is 29.1 Å². The fraction of sp³-hybridized carbons (Fsp3) is 0.395. The smallest absolute Gasteiger partial charge is 0.416 e. The zero-order valence-electron chi connectivity index (χ0n) is 33.3. The lowest BCUT2D eigenvalue weighted by atomic mass is 9.99. The highest BCUT2D eigenvalue weighted by atomic mass is 32.2. The summed E-state index contributed by atoms with van der Waals surface area (Å²) in [7, 11) is -3.44. The summed E-state index contributed by atoms with van der Waals surface area (Å²) < 4.78 is 116. The molecule has 1 N–H and O–H groups in total. The molecule has 0 aromatic heterocycles. The van der Waals surface area contributed by atoms with E-state index in [1.165, 1.54) is 12.1 Å². The largest absolute Gasteiger partial charge is 0.508 e. The van der Waals surface area contributed by atoms with E-state index in [1.54, 1.807) is 9.80 Å². The van der Waals surface area contributed by atoms with Gasteiger partial charge in [-0.05, 0) is 85.3 Å². The lowest BCUT2D eigenvalue weighted by Gasteiger charge is -2.32. The minimum Gasteiger partial charge on any atom is -0.508 e. The average Bonchev–Trinajstić information content (AvgIpc) is 3.24. The van der Waals surface area contributed by atoms with Crippen LogP contribution in [0.3, 0.4) is 0 Å². The first-order chi connectivity index (χ1) is 28.9. The molecule has 2 saturated heterocycles. The number of phenols is 1. The van der Waals surface area contributed by atoms with Crippen molar-refractivity contribution in [2.75, 3.05) is 45.6 Å². The molecule has 6 rings (SSSR count). The first-order valence-corrected chi connectivity index (χ1v) is 21.1. The number of aromatic hydroxyl groups is 1. The number of nitrogens with zero attached hydrogens (tertiary/aromatic N) is 2. The van der Waals surface area contributed by atoms with Crippen LogP contribution < -0.4 is 4.74 Å². The van der Waals surface area contributed by atoms with Crippen LogP contribution in [0.1, 0.15) is 49.4 Å². The third-order valence-electron chi connectivity index (χ3n) is 9.34. The standard InChI is InChI=1S/C21H22F3NO3.C15H21NO5S.C7H5F3O.H2/c22-21(23,24)18-8-10-19(11-9-18)27-15-17-7-4-12-25(13-17)20(26)28-14-16-5-2-1-3-6-16;1-22(18,19)21-12-14-8-5-9-16(10-14)15(17)20-11-13-6-3-2-4-7-13;8-7(9,10)5-1-3-6(11)4-2-5;/h1-3,5-6,8-11,17H,4,7,12-15H2;2-4,6-7,14H,5,8-12H2,1H3;1-4,11H;1H/t17-;14-;;/m00../s1/i;;;1+1. The van der Waals surface area contributed by atoms with E-state index in [4.69, 9.17) is 23.5 Å². The number of likely N-dealkylation sites (tertiary alicyclic amines) is 2. The number of hydrogen-bond acceptors (Lipinski definition) is 9. The van der Waals surface area contributed by atoms with Crippen molar-refractivity contribution in [2.24, 2.45) is 11.8 Å². The third-order valence-corrected chi connectivity index (χ3v) is 9.91. The van der Waals surface area contributed by atoms with Gasteiger partial charge in [-0.1, -0.05) is 60.7 Å². The van der Waals surface area contributed by atoms with Gasteiger partial charge in [0.1, 0.15) is 24.7 Å². The molecule has 2 atom stereocenters. The summed E-state index contributed by atoms with van der Waals surface area (Å²) in [5, 5.41) is 8.66. The van der Waals surface area contributed by atoms with Crippen LogP contribution in [0.15, 0.2) is 109 Å². The van der Waals surface area contributed by atoms with Crippen LogP contribution in [-0.4, -0.2) is 81.2 Å². The van der Waals surface area contributed by atoms with Gasteiger partial charge in [-0.2, -0.15) is 34.8 Å². The van der Waals surface area contributed by atoms with Crippen molar-refractivity contribution in [3.8, 4) is 11.5 Å². The summed E-state index contributed by atoms with van der Waals surface area (Å²) in [5.41, 5.74) is 0.403. The number of amides is 2. The van der Waals surface area contributed by atoms with E-state index in [2.05, 4.69) is 0 Å². The Morgan fingerprint density at radius 2 is 1.07 bits per heavy atom. The molecule has 0 radical (unpaired) electrons. The molecule has 18 heteroatoms. The molecular formula is C43H50F6N2O9S. The highest BCUT2D eigenvalue weighted by Crippen LogP contribution is 2.31. The molecule has 0 spiro atoms. The summed E-state index contributed by atoms with van der Waals surface area (Å²) in [6, 6.07) is 27.2. The summed E-state index contributed by atoms with van der Waals surface area (Å²) in [6.07, 6.45) is -4.99. The molecule has 2 aliphatic rings. The van der Waals surface area contributed by atoms with Gasteiger partial charge in [0.2, 0.25) is 0 Å². The first-order valence-electron chi connectivity index (χ1n) is 19.3. The molecule has 0 aliphatic carbocycles. The monoisotopic (exact) mass is 885 g/mol. The second-order valence-electron chi connectivity index (χ2n) is 14.4. The van der Waals surface area contributed by atoms with Crippen LogP contribution in [-0.2, 0) is 49.3 Å². The molecule has 61 heavy (non-hydrogen) atoms. The number of halogens is 6. The average molecular weight is 886 g/mol. The maximum absolute atomic E-state index is 12.6. The van der Waals surface area contributed by atoms with Gasteiger partial charge in [0.15, 0.2) is 0 Å². The number of phenolic OH excluding ortho intramolecular Hbond substituents is 1. The minimum atomic E-state index is -4.36. The predicted molar refractivity (Wildman–Crippen MR) is 215 cm³/mol. The van der Waals surface area contributed by atoms with Crippen LogP contribution in [0.25, 0.3) is 0 Å². The number of alkyl halides is 6. The Balaban J connectivity index is 0.000000268. The molecule has 2 heterocycles. The predicted octanol–water partition coefficient (Wildman–Crippen LogP) is 9.80. The summed E-state index contributed by atoms with van der Waals surface area (Å²) in [6.45, 7) is 3.14. The van der Waals surface area contributed by atoms with Crippen molar-refractivity contribution in [1.82, 2.24) is 9.80 Å². The van der Waals surface area contributed by atoms with Gasteiger partial charge in [-0.25, -0.2) is 9.59 Å². The second-order valence-corrected chi connectivity index (χ2v) is 16.0. The third kappa shape index (κ3) is 17.9. The summed E-state index contributed by atoms with van der Waals surface area (Å²) in [5.74, 6) is 0.350. The van der Waals surface area contributed by atoms with E-state index in [1.807, 2.05) is 60.7 Å². The van der Waals surface area contributed by atoms with E-state index in [9.17, 15) is 44.3 Å². The Hall–Kier alpha value is -5.49. The van der Waals surface area contributed by atoms with E-state index in [0.29, 0.717) is 38.5 Å². The van der Waals surface area contributed by atoms with Crippen molar-refractivity contribution in [3.63, 3.8) is 0 Å². The van der Waals surface area contributed by atoms with Gasteiger partial charge in [-0.15, -0.1) is 0 Å². The maximum Gasteiger partial charge on any atom is 0.416 e. The van der Waals surface area contributed by atoms with Gasteiger partial charge in [0.05, 0.1) is 30.6 Å². The second kappa shape index (κ2) is 22.9. The Morgan fingerprint density at radius 1 is 0.656 bits per heavy atom. The Kier molecular flexibility index (Phi) is 18.1. The summed E-state index contributed by atoms with van der Waals surface area (Å²) in [4.78, 5) is 27.6. The summed E-state index contributed by atoms with van der Waals surface area (Å²) >= 11 is 0. The van der Waals surface area contributed by atoms with Crippen molar-refractivity contribution < 1.29 is 69.3 Å². The number of ether oxygens (including phenoxy) is 3. The number of benzene rings is 4. The SMILES string of the molecule is CS(=O)(=O)OC[C@H]1CCCN(C(=O)OCc2ccccc2)C1.O=C(OCc1ccccc1)N1CCC[C@H](COc2ccc(C(F)(F)F)cc2)C1.Oc1ccc(C(F)(F)F)cc1.[2HH]. The van der Waals surface area contributed by atoms with Crippen LogP contribution >= 0.6 is 0 Å². The lowest BCUT2D eigenvalue weighted by molar-refractivity contribution is -0.138. The van der Waals surface area contributed by atoms with Crippen molar-refractivity contribution in [2.45, 2.75) is 51.2 Å². The van der Waals surface area contributed by atoms with Crippen molar-refractivity contribution in [3.05, 3.63) is 131 Å². The normalized spacial score (nSPS) is 16.8. The van der Waals surface area contributed by atoms with E-state index in [-0.39, 0.29) is 51.0 Å². The molecule has 2 aliphatic heterocycles. The Morgan fingerprint density at radius 3 is 1.48 bits per heavy atom. The fourth-order valence-corrected chi connectivity index (χ4v) is 6.62. The Labute approximate surface area is 352 Å². The van der Waals surface area contributed by atoms with E-state index >= 15 is 0 Å². The molecular weight excluding hydrogens is 835 g/mol. The molecule has 0 bridgehead atoms. The highest BCUT2D eigenvalue weighted by molar-refractivity contribution is 7.85. The molecule has 334 valence electrons. The van der Waals surface area contributed by atoms with Gasteiger partial charge in [0.25, 0.3) is 10.1 Å². The molecule has 0 unspecified atom stereocenters. The van der Waals surface area contributed by atoms with Crippen LogP contribution in [0.5, 0.6) is 11.5 Å². The maximum atomic E-state index is 12.6. The minimum absolute atomic E-state index is 0. The van der Waals surface area contributed by atoms with Crippen LogP contribution in [0.4, 0.5) is 35.9 Å². The first kappa shape index (κ1) is 48.2. The topological polar surface area (TPSA) is 132 Å². The van der Waals surface area contributed by atoms with E-state index < -0.39 is 33.6 Å². The quantitative estimate of drug-likeness (QED) is 0.122. The van der Waals surface area contributed by atoms with Gasteiger partial charge in [-0.3, -0.25) is 4.18 Å². The highest BCUT2D eigenvalue weighted by Gasteiger charge is 2.31. The fourth-order valence-electron chi connectivity index (χ4n) is 6.18. The van der Waals surface area contributed by atoms with Crippen LogP contribution in [0.2, 0.25) is 0 Å². The number of piperidine rings is 2. The molecule has 4 aromatic carbocycles. The number of hydrogen-bond donors (Lipinski definition) is 1. The van der Waals surface area contributed by atoms with Gasteiger partial charge in [0, 0.05) is 39.4 Å². The molecule has 4 aromatic rings. The number of rotatable bonds is 10. The number of carbonyl (C=O) groups excluding carboxylic acids is 2. The molecule has 2 amide bonds. The van der Waals surface area contributed by atoms with Crippen molar-refractivity contribution >= 4 is 22.3 Å². The molecule has 0 saturated carbocycles. The number of carbonyl (C=O) groups is 2. The Bertz CT molecular complexity index is 2050. The zero-order chi connectivity index (χ0) is 44.5.